The molecule has 1 atom stereocenters. The van der Waals surface area contributed by atoms with Crippen molar-refractivity contribution in [2.24, 2.45) is 5.92 Å². The van der Waals surface area contributed by atoms with E-state index in [1.807, 2.05) is 31.2 Å². The summed E-state index contributed by atoms with van der Waals surface area (Å²) in [4.78, 5) is 12.3. The Hall–Kier alpha value is -2.30. The Kier molecular flexibility index (Phi) is 3.41. The predicted molar refractivity (Wildman–Crippen MR) is 75.7 cm³/mol. The summed E-state index contributed by atoms with van der Waals surface area (Å²) in [7, 11) is 0. The first-order valence-corrected chi connectivity index (χ1v) is 6.81. The minimum atomic E-state index is -0.169. The number of anilines is 1. The van der Waals surface area contributed by atoms with E-state index >= 15 is 0 Å². The summed E-state index contributed by atoms with van der Waals surface area (Å²) < 4.78 is 5.65. The topological polar surface area (TPSA) is 67.0 Å². The minimum Gasteiger partial charge on any atom is -0.492 e. The Morgan fingerprint density at radius 3 is 3.20 bits per heavy atom. The fourth-order valence-corrected chi connectivity index (χ4v) is 2.41. The number of hydrogen-bond acceptors (Lipinski definition) is 3. The van der Waals surface area contributed by atoms with Crippen LogP contribution < -0.4 is 10.1 Å². The summed E-state index contributed by atoms with van der Waals surface area (Å²) in [5.41, 5.74) is 2.09. The molecule has 0 aliphatic carbocycles. The van der Waals surface area contributed by atoms with Gasteiger partial charge in [0, 0.05) is 5.56 Å². The average molecular weight is 271 g/mol. The standard InChI is InChI=1S/C15H17N3O2/c1-2-10-8-16-18-14(10)17-15(19)12-7-11-5-3-4-6-13(11)20-9-12/h3-6,8,12H,2,7,9H2,1H3,(H2,16,17,18,19). The van der Waals surface area contributed by atoms with Crippen molar-refractivity contribution >= 4 is 11.7 Å². The van der Waals surface area contributed by atoms with Crippen LogP contribution in [0.25, 0.3) is 0 Å². The predicted octanol–water partition coefficient (Wildman–Crippen LogP) is 2.16. The summed E-state index contributed by atoms with van der Waals surface area (Å²) in [5, 5.41) is 9.68. The third-order valence-corrected chi connectivity index (χ3v) is 3.60. The van der Waals surface area contributed by atoms with Crippen LogP contribution in [0, 0.1) is 5.92 Å². The van der Waals surface area contributed by atoms with Gasteiger partial charge in [-0.05, 0) is 24.5 Å². The van der Waals surface area contributed by atoms with E-state index in [-0.39, 0.29) is 11.8 Å². The number of carbonyl (C=O) groups excluding carboxylic acids is 1. The summed E-state index contributed by atoms with van der Waals surface area (Å²) in [6.45, 7) is 2.44. The highest BCUT2D eigenvalue weighted by Crippen LogP contribution is 2.27. The first kappa shape index (κ1) is 12.7. The molecule has 0 radical (unpaired) electrons. The maximum absolute atomic E-state index is 12.3. The van der Waals surface area contributed by atoms with E-state index in [0.717, 1.165) is 23.3 Å². The normalized spacial score (nSPS) is 17.1. The number of aromatic amines is 1. The lowest BCUT2D eigenvalue weighted by Gasteiger charge is -2.24. The molecule has 0 spiro atoms. The molecule has 104 valence electrons. The van der Waals surface area contributed by atoms with Crippen LogP contribution in [0.3, 0.4) is 0 Å². The van der Waals surface area contributed by atoms with Gasteiger partial charge in [-0.1, -0.05) is 25.1 Å². The molecule has 5 heteroatoms. The lowest BCUT2D eigenvalue weighted by atomic mass is 9.96. The number of hydrogen-bond donors (Lipinski definition) is 2. The van der Waals surface area contributed by atoms with Crippen LogP contribution in [-0.4, -0.2) is 22.7 Å². The second-order valence-electron chi connectivity index (χ2n) is 4.93. The van der Waals surface area contributed by atoms with Crippen molar-refractivity contribution in [1.82, 2.24) is 10.2 Å². The quantitative estimate of drug-likeness (QED) is 0.899. The zero-order chi connectivity index (χ0) is 13.9. The van der Waals surface area contributed by atoms with E-state index < -0.39 is 0 Å². The highest BCUT2D eigenvalue weighted by molar-refractivity contribution is 5.92. The second-order valence-corrected chi connectivity index (χ2v) is 4.93. The molecule has 3 rings (SSSR count). The second kappa shape index (κ2) is 5.36. The van der Waals surface area contributed by atoms with Gasteiger partial charge in [0.15, 0.2) is 0 Å². The summed E-state index contributed by atoms with van der Waals surface area (Å²) in [5.74, 6) is 1.38. The Morgan fingerprint density at radius 2 is 2.35 bits per heavy atom. The molecule has 1 aromatic heterocycles. The lowest BCUT2D eigenvalue weighted by molar-refractivity contribution is -0.121. The number of rotatable bonds is 3. The molecule has 5 nitrogen and oxygen atoms in total. The lowest BCUT2D eigenvalue weighted by Crippen LogP contribution is -2.32. The number of aryl methyl sites for hydroxylation is 1. The van der Waals surface area contributed by atoms with Crippen molar-refractivity contribution in [2.45, 2.75) is 19.8 Å². The van der Waals surface area contributed by atoms with Gasteiger partial charge in [-0.15, -0.1) is 0 Å². The number of amides is 1. The maximum atomic E-state index is 12.3. The Morgan fingerprint density at radius 1 is 1.50 bits per heavy atom. The van der Waals surface area contributed by atoms with E-state index in [2.05, 4.69) is 15.5 Å². The van der Waals surface area contributed by atoms with E-state index in [1.165, 1.54) is 0 Å². The highest BCUT2D eigenvalue weighted by Gasteiger charge is 2.26. The Bertz CT molecular complexity index is 621. The number of ether oxygens (including phenoxy) is 1. The van der Waals surface area contributed by atoms with Crippen LogP contribution in [0.2, 0.25) is 0 Å². The van der Waals surface area contributed by atoms with Crippen molar-refractivity contribution < 1.29 is 9.53 Å². The fourth-order valence-electron chi connectivity index (χ4n) is 2.41. The van der Waals surface area contributed by atoms with Gasteiger partial charge in [0.05, 0.1) is 12.1 Å². The van der Waals surface area contributed by atoms with Crippen molar-refractivity contribution in [1.29, 1.82) is 0 Å². The van der Waals surface area contributed by atoms with Gasteiger partial charge in [-0.3, -0.25) is 9.89 Å². The monoisotopic (exact) mass is 271 g/mol. The molecule has 20 heavy (non-hydrogen) atoms. The zero-order valence-electron chi connectivity index (χ0n) is 11.3. The highest BCUT2D eigenvalue weighted by atomic mass is 16.5. The summed E-state index contributed by atoms with van der Waals surface area (Å²) >= 11 is 0. The van der Waals surface area contributed by atoms with Crippen molar-refractivity contribution in [2.75, 3.05) is 11.9 Å². The number of fused-ring (bicyclic) bond motifs is 1. The minimum absolute atomic E-state index is 0.0292. The third-order valence-electron chi connectivity index (χ3n) is 3.60. The maximum Gasteiger partial charge on any atom is 0.232 e. The largest absolute Gasteiger partial charge is 0.492 e. The van der Waals surface area contributed by atoms with Gasteiger partial charge in [0.2, 0.25) is 5.91 Å². The number of aromatic nitrogens is 2. The van der Waals surface area contributed by atoms with Gasteiger partial charge in [0.1, 0.15) is 18.2 Å². The van der Waals surface area contributed by atoms with Crippen molar-refractivity contribution in [3.63, 3.8) is 0 Å². The van der Waals surface area contributed by atoms with Crippen LogP contribution in [0.5, 0.6) is 5.75 Å². The van der Waals surface area contributed by atoms with Crippen molar-refractivity contribution in [3.05, 3.63) is 41.6 Å². The molecule has 0 bridgehead atoms. The molecular weight excluding hydrogens is 254 g/mol. The third kappa shape index (κ3) is 2.39. The molecule has 1 amide bonds. The number of para-hydroxylation sites is 1. The Labute approximate surface area is 117 Å². The number of benzene rings is 1. The van der Waals surface area contributed by atoms with Crippen LogP contribution in [0.4, 0.5) is 5.82 Å². The first-order valence-electron chi connectivity index (χ1n) is 6.81. The van der Waals surface area contributed by atoms with E-state index in [4.69, 9.17) is 4.74 Å². The number of H-pyrrole nitrogens is 1. The molecule has 1 unspecified atom stereocenters. The SMILES string of the molecule is CCc1cn[nH]c1NC(=O)C1COc2ccccc2C1. The molecule has 2 aromatic rings. The average Bonchev–Trinajstić information content (AvgIpc) is 2.94. The van der Waals surface area contributed by atoms with E-state index in [0.29, 0.717) is 18.8 Å². The van der Waals surface area contributed by atoms with Crippen molar-refractivity contribution in [3.8, 4) is 5.75 Å². The molecule has 0 saturated heterocycles. The summed E-state index contributed by atoms with van der Waals surface area (Å²) in [6, 6.07) is 7.85. The molecule has 2 heterocycles. The number of nitrogens with zero attached hydrogens (tertiary/aromatic N) is 1. The Balaban J connectivity index is 1.70. The molecular formula is C15H17N3O2. The van der Waals surface area contributed by atoms with Gasteiger partial charge in [-0.25, -0.2) is 0 Å². The van der Waals surface area contributed by atoms with Gasteiger partial charge >= 0.3 is 0 Å². The van der Waals surface area contributed by atoms with E-state index in [1.54, 1.807) is 6.20 Å². The molecule has 1 aromatic carbocycles. The molecule has 0 fully saturated rings. The smallest absolute Gasteiger partial charge is 0.232 e. The molecule has 1 aliphatic rings. The number of nitrogens with one attached hydrogen (secondary N) is 2. The zero-order valence-corrected chi connectivity index (χ0v) is 11.3. The van der Waals surface area contributed by atoms with Gasteiger partial charge in [-0.2, -0.15) is 5.10 Å². The van der Waals surface area contributed by atoms with Gasteiger partial charge in [0.25, 0.3) is 0 Å². The summed E-state index contributed by atoms with van der Waals surface area (Å²) in [6.07, 6.45) is 3.27. The van der Waals surface area contributed by atoms with Gasteiger partial charge < -0.3 is 10.1 Å². The molecule has 0 saturated carbocycles. The van der Waals surface area contributed by atoms with E-state index in [9.17, 15) is 4.79 Å². The van der Waals surface area contributed by atoms with Crippen LogP contribution in [0.15, 0.2) is 30.5 Å². The van der Waals surface area contributed by atoms with Crippen LogP contribution in [0.1, 0.15) is 18.1 Å². The van der Waals surface area contributed by atoms with Crippen LogP contribution >= 0.6 is 0 Å². The fraction of sp³-hybridized carbons (Fsp3) is 0.333. The molecule has 2 N–H and O–H groups in total. The first-order chi connectivity index (χ1) is 9.78. The molecule has 1 aliphatic heterocycles. The number of carbonyl (C=O) groups is 1. The van der Waals surface area contributed by atoms with Crippen LogP contribution in [-0.2, 0) is 17.6 Å².